The fourth-order valence-electron chi connectivity index (χ4n) is 1.23. The first-order valence-electron chi connectivity index (χ1n) is 3.93. The summed E-state index contributed by atoms with van der Waals surface area (Å²) in [7, 11) is 0. The summed E-state index contributed by atoms with van der Waals surface area (Å²) >= 11 is 0. The predicted octanol–water partition coefficient (Wildman–Crippen LogP) is 1.76. The van der Waals surface area contributed by atoms with Crippen molar-refractivity contribution in [3.63, 3.8) is 0 Å². The standard InChI is InChI=1S/C9H9N3O/c1-6(12-13)7-2-3-9-8(4-7)5-10-11-9/h2-5,13H,1H3,(H,10,11)/b12-6-. The second-order valence-electron chi connectivity index (χ2n) is 2.86. The highest BCUT2D eigenvalue weighted by atomic mass is 16.4. The molecule has 0 unspecified atom stereocenters. The lowest BCUT2D eigenvalue weighted by molar-refractivity contribution is 0.319. The van der Waals surface area contributed by atoms with E-state index in [4.69, 9.17) is 5.21 Å². The summed E-state index contributed by atoms with van der Waals surface area (Å²) < 4.78 is 0. The lowest BCUT2D eigenvalue weighted by Gasteiger charge is -1.97. The Morgan fingerprint density at radius 3 is 3.15 bits per heavy atom. The maximum Gasteiger partial charge on any atom is 0.0837 e. The molecule has 4 nitrogen and oxygen atoms in total. The smallest absolute Gasteiger partial charge is 0.0837 e. The van der Waals surface area contributed by atoms with E-state index >= 15 is 0 Å². The lowest BCUT2D eigenvalue weighted by atomic mass is 10.1. The Hall–Kier alpha value is -1.84. The second-order valence-corrected chi connectivity index (χ2v) is 2.86. The predicted molar refractivity (Wildman–Crippen MR) is 50.1 cm³/mol. The summed E-state index contributed by atoms with van der Waals surface area (Å²) in [4.78, 5) is 0. The molecule has 0 radical (unpaired) electrons. The zero-order chi connectivity index (χ0) is 9.26. The average molecular weight is 175 g/mol. The van der Waals surface area contributed by atoms with E-state index in [2.05, 4.69) is 15.4 Å². The molecule has 0 saturated heterocycles. The third-order valence-corrected chi connectivity index (χ3v) is 2.01. The Kier molecular flexibility index (Phi) is 1.73. The summed E-state index contributed by atoms with van der Waals surface area (Å²) in [5.74, 6) is 0. The first kappa shape index (κ1) is 7.79. The largest absolute Gasteiger partial charge is 0.411 e. The third kappa shape index (κ3) is 1.26. The summed E-state index contributed by atoms with van der Waals surface area (Å²) in [6.45, 7) is 1.75. The molecular weight excluding hydrogens is 166 g/mol. The van der Waals surface area contributed by atoms with Crippen LogP contribution in [0.15, 0.2) is 29.6 Å². The van der Waals surface area contributed by atoms with E-state index < -0.39 is 0 Å². The second kappa shape index (κ2) is 2.90. The number of nitrogens with zero attached hydrogens (tertiary/aromatic N) is 2. The summed E-state index contributed by atoms with van der Waals surface area (Å²) in [6.07, 6.45) is 1.74. The zero-order valence-electron chi connectivity index (χ0n) is 7.15. The van der Waals surface area contributed by atoms with Gasteiger partial charge in [-0.3, -0.25) is 5.10 Å². The van der Waals surface area contributed by atoms with Gasteiger partial charge in [-0.1, -0.05) is 11.2 Å². The maximum atomic E-state index is 8.58. The van der Waals surface area contributed by atoms with E-state index in [1.54, 1.807) is 13.1 Å². The van der Waals surface area contributed by atoms with Crippen LogP contribution < -0.4 is 0 Å². The highest BCUT2D eigenvalue weighted by Gasteiger charge is 2.00. The summed E-state index contributed by atoms with van der Waals surface area (Å²) in [5, 5.41) is 19.5. The maximum absolute atomic E-state index is 8.58. The molecule has 0 aliphatic rings. The molecule has 13 heavy (non-hydrogen) atoms. The molecule has 66 valence electrons. The van der Waals surface area contributed by atoms with Crippen molar-refractivity contribution in [2.75, 3.05) is 0 Å². The van der Waals surface area contributed by atoms with Crippen molar-refractivity contribution < 1.29 is 5.21 Å². The van der Waals surface area contributed by atoms with Crippen molar-refractivity contribution in [1.29, 1.82) is 0 Å². The van der Waals surface area contributed by atoms with Crippen LogP contribution in [0.2, 0.25) is 0 Å². The van der Waals surface area contributed by atoms with Crippen LogP contribution in [0.5, 0.6) is 0 Å². The van der Waals surface area contributed by atoms with Crippen molar-refractivity contribution in [3.05, 3.63) is 30.0 Å². The molecule has 2 rings (SSSR count). The monoisotopic (exact) mass is 175 g/mol. The van der Waals surface area contributed by atoms with Crippen LogP contribution in [0, 0.1) is 0 Å². The van der Waals surface area contributed by atoms with Crippen LogP contribution >= 0.6 is 0 Å². The molecule has 0 saturated carbocycles. The van der Waals surface area contributed by atoms with E-state index in [0.717, 1.165) is 16.5 Å². The van der Waals surface area contributed by atoms with Crippen LogP contribution in [0.4, 0.5) is 0 Å². The molecule has 1 aromatic carbocycles. The number of rotatable bonds is 1. The van der Waals surface area contributed by atoms with Gasteiger partial charge in [0.1, 0.15) is 0 Å². The Labute approximate surface area is 74.9 Å². The van der Waals surface area contributed by atoms with Crippen molar-refractivity contribution in [2.45, 2.75) is 6.92 Å². The van der Waals surface area contributed by atoms with Gasteiger partial charge < -0.3 is 5.21 Å². The van der Waals surface area contributed by atoms with Crippen LogP contribution in [0.3, 0.4) is 0 Å². The summed E-state index contributed by atoms with van der Waals surface area (Å²) in [5.41, 5.74) is 2.48. The van der Waals surface area contributed by atoms with Gasteiger partial charge in [0.05, 0.1) is 17.4 Å². The highest BCUT2D eigenvalue weighted by Crippen LogP contribution is 2.13. The number of aromatic amines is 1. The molecule has 2 aromatic rings. The Balaban J connectivity index is 2.60. The van der Waals surface area contributed by atoms with Crippen molar-refractivity contribution in [1.82, 2.24) is 10.2 Å². The van der Waals surface area contributed by atoms with Gasteiger partial charge in [-0.15, -0.1) is 0 Å². The number of benzene rings is 1. The lowest BCUT2D eigenvalue weighted by Crippen LogP contribution is -1.93. The van der Waals surface area contributed by atoms with Crippen LogP contribution in [0.1, 0.15) is 12.5 Å². The van der Waals surface area contributed by atoms with Crippen molar-refractivity contribution >= 4 is 16.6 Å². The van der Waals surface area contributed by atoms with Gasteiger partial charge in [0, 0.05) is 5.39 Å². The van der Waals surface area contributed by atoms with E-state index in [9.17, 15) is 0 Å². The number of hydrogen-bond donors (Lipinski definition) is 2. The molecule has 0 aliphatic carbocycles. The minimum absolute atomic E-state index is 0.600. The number of hydrogen-bond acceptors (Lipinski definition) is 3. The quantitative estimate of drug-likeness (QED) is 0.394. The van der Waals surface area contributed by atoms with Gasteiger partial charge in [0.15, 0.2) is 0 Å². The molecule has 0 bridgehead atoms. The van der Waals surface area contributed by atoms with Crippen LogP contribution in [-0.2, 0) is 0 Å². The van der Waals surface area contributed by atoms with Gasteiger partial charge in [0.2, 0.25) is 0 Å². The summed E-state index contributed by atoms with van der Waals surface area (Å²) in [6, 6.07) is 5.72. The fourth-order valence-corrected chi connectivity index (χ4v) is 1.23. The van der Waals surface area contributed by atoms with Crippen LogP contribution in [-0.4, -0.2) is 21.1 Å². The average Bonchev–Trinajstić information content (AvgIpc) is 2.63. The molecule has 1 aromatic heterocycles. The number of aromatic nitrogens is 2. The number of H-pyrrole nitrogens is 1. The number of nitrogens with one attached hydrogen (secondary N) is 1. The van der Waals surface area contributed by atoms with E-state index in [1.165, 1.54) is 0 Å². The molecule has 2 N–H and O–H groups in total. The molecule has 1 heterocycles. The molecule has 0 amide bonds. The van der Waals surface area contributed by atoms with Crippen molar-refractivity contribution in [2.24, 2.45) is 5.16 Å². The SMILES string of the molecule is C/C(=N/O)c1ccc2[nH]ncc2c1. The van der Waals surface area contributed by atoms with Gasteiger partial charge in [-0.2, -0.15) is 5.10 Å². The Morgan fingerprint density at radius 1 is 1.54 bits per heavy atom. The molecule has 0 aliphatic heterocycles. The Morgan fingerprint density at radius 2 is 2.38 bits per heavy atom. The van der Waals surface area contributed by atoms with Gasteiger partial charge in [-0.25, -0.2) is 0 Å². The molecule has 0 spiro atoms. The van der Waals surface area contributed by atoms with E-state index in [0.29, 0.717) is 5.71 Å². The zero-order valence-corrected chi connectivity index (χ0v) is 7.15. The normalized spacial score (nSPS) is 12.2. The van der Waals surface area contributed by atoms with Crippen molar-refractivity contribution in [3.8, 4) is 0 Å². The van der Waals surface area contributed by atoms with E-state index in [1.807, 2.05) is 18.2 Å². The first-order chi connectivity index (χ1) is 6.31. The highest BCUT2D eigenvalue weighted by molar-refractivity contribution is 6.01. The van der Waals surface area contributed by atoms with Gasteiger partial charge in [-0.05, 0) is 24.6 Å². The molecule has 4 heteroatoms. The minimum Gasteiger partial charge on any atom is -0.411 e. The minimum atomic E-state index is 0.600. The van der Waals surface area contributed by atoms with Gasteiger partial charge in [0.25, 0.3) is 0 Å². The molecule has 0 fully saturated rings. The Bertz CT molecular complexity index is 459. The third-order valence-electron chi connectivity index (χ3n) is 2.01. The van der Waals surface area contributed by atoms with E-state index in [-0.39, 0.29) is 0 Å². The first-order valence-corrected chi connectivity index (χ1v) is 3.93. The molecule has 0 atom stereocenters. The molecular formula is C9H9N3O. The van der Waals surface area contributed by atoms with Crippen LogP contribution in [0.25, 0.3) is 10.9 Å². The number of oxime groups is 1. The van der Waals surface area contributed by atoms with Gasteiger partial charge >= 0.3 is 0 Å². The topological polar surface area (TPSA) is 61.3 Å². The number of fused-ring (bicyclic) bond motifs is 1. The fraction of sp³-hybridized carbons (Fsp3) is 0.111.